The zero-order valence-corrected chi connectivity index (χ0v) is 11.0. The van der Waals surface area contributed by atoms with Crippen LogP contribution in [0.25, 0.3) is 0 Å². The van der Waals surface area contributed by atoms with Crippen molar-refractivity contribution in [2.45, 2.75) is 32.6 Å². The Kier molecular flexibility index (Phi) is 6.57. The summed E-state index contributed by atoms with van der Waals surface area (Å²) in [4.78, 5) is 22.9. The predicted molar refractivity (Wildman–Crippen MR) is 72.2 cm³/mol. The molecule has 2 N–H and O–H groups in total. The van der Waals surface area contributed by atoms with Gasteiger partial charge in [0.05, 0.1) is 0 Å². The highest BCUT2D eigenvalue weighted by Crippen LogP contribution is 2.08. The third kappa shape index (κ3) is 5.99. The van der Waals surface area contributed by atoms with E-state index >= 15 is 0 Å². The minimum absolute atomic E-state index is 0.270. The Balaban J connectivity index is 2.31. The van der Waals surface area contributed by atoms with E-state index in [9.17, 15) is 14.0 Å². The van der Waals surface area contributed by atoms with Crippen LogP contribution in [0.15, 0.2) is 24.3 Å². The van der Waals surface area contributed by atoms with E-state index in [1.807, 2.05) is 0 Å². The van der Waals surface area contributed by atoms with Crippen molar-refractivity contribution in [3.05, 3.63) is 30.1 Å². The molecule has 0 aliphatic rings. The summed E-state index contributed by atoms with van der Waals surface area (Å²) in [6, 6.07) is 5.42. The van der Waals surface area contributed by atoms with Crippen molar-refractivity contribution >= 4 is 17.5 Å². The van der Waals surface area contributed by atoms with Crippen LogP contribution in [-0.4, -0.2) is 18.4 Å². The zero-order valence-electron chi connectivity index (χ0n) is 11.0. The van der Waals surface area contributed by atoms with Crippen LogP contribution in [0.5, 0.6) is 0 Å². The third-order valence-corrected chi connectivity index (χ3v) is 2.60. The fourth-order valence-electron chi connectivity index (χ4n) is 1.59. The van der Waals surface area contributed by atoms with E-state index in [4.69, 9.17) is 0 Å². The summed E-state index contributed by atoms with van der Waals surface area (Å²) in [6.45, 7) is 2.58. The maximum atomic E-state index is 12.9. The van der Waals surface area contributed by atoms with Gasteiger partial charge in [-0.05, 0) is 24.6 Å². The average molecular weight is 266 g/mol. The van der Waals surface area contributed by atoms with E-state index in [0.717, 1.165) is 31.7 Å². The summed E-state index contributed by atoms with van der Waals surface area (Å²) < 4.78 is 12.9. The van der Waals surface area contributed by atoms with Crippen LogP contribution in [0.2, 0.25) is 0 Å². The van der Waals surface area contributed by atoms with E-state index in [1.54, 1.807) is 0 Å². The normalized spacial score (nSPS) is 10.0. The molecule has 0 aliphatic carbocycles. The molecule has 4 nitrogen and oxygen atoms in total. The van der Waals surface area contributed by atoms with Gasteiger partial charge in [0.15, 0.2) is 0 Å². The highest BCUT2D eigenvalue weighted by Gasteiger charge is 2.12. The number of hydrogen-bond acceptors (Lipinski definition) is 2. The van der Waals surface area contributed by atoms with Crippen LogP contribution in [0.4, 0.5) is 10.1 Å². The quantitative estimate of drug-likeness (QED) is 0.614. The van der Waals surface area contributed by atoms with Crippen molar-refractivity contribution in [3.8, 4) is 0 Å². The lowest BCUT2D eigenvalue weighted by Gasteiger charge is -2.06. The molecule has 1 rings (SSSR count). The van der Waals surface area contributed by atoms with Crippen molar-refractivity contribution in [1.29, 1.82) is 0 Å². The van der Waals surface area contributed by atoms with Crippen molar-refractivity contribution in [2.75, 3.05) is 11.9 Å². The van der Waals surface area contributed by atoms with Gasteiger partial charge in [0, 0.05) is 12.2 Å². The van der Waals surface area contributed by atoms with Gasteiger partial charge in [-0.25, -0.2) is 4.39 Å². The van der Waals surface area contributed by atoms with Gasteiger partial charge < -0.3 is 10.6 Å². The molecule has 0 bridgehead atoms. The molecule has 0 atom stereocenters. The molecule has 2 amide bonds. The lowest BCUT2D eigenvalue weighted by molar-refractivity contribution is -0.136. The van der Waals surface area contributed by atoms with Gasteiger partial charge in [-0.2, -0.15) is 0 Å². The second-order valence-electron chi connectivity index (χ2n) is 4.28. The topological polar surface area (TPSA) is 58.2 Å². The minimum Gasteiger partial charge on any atom is -0.348 e. The summed E-state index contributed by atoms with van der Waals surface area (Å²) in [5.74, 6) is -1.93. The Morgan fingerprint density at radius 3 is 2.63 bits per heavy atom. The van der Waals surface area contributed by atoms with Crippen LogP contribution in [-0.2, 0) is 9.59 Å². The molecule has 19 heavy (non-hydrogen) atoms. The van der Waals surface area contributed by atoms with Crippen molar-refractivity contribution < 1.29 is 14.0 Å². The number of carbonyl (C=O) groups excluding carboxylic acids is 2. The SMILES string of the molecule is CCCCCCNC(=O)C(=O)Nc1cccc(F)c1. The predicted octanol–water partition coefficient (Wildman–Crippen LogP) is 2.46. The lowest BCUT2D eigenvalue weighted by Crippen LogP contribution is -2.35. The first-order chi connectivity index (χ1) is 9.13. The first kappa shape index (κ1) is 15.1. The van der Waals surface area contributed by atoms with Crippen molar-refractivity contribution in [3.63, 3.8) is 0 Å². The van der Waals surface area contributed by atoms with Gasteiger partial charge in [-0.1, -0.05) is 32.3 Å². The molecule has 5 heteroatoms. The molecule has 0 aliphatic heterocycles. The molecule has 0 saturated carbocycles. The number of unbranched alkanes of at least 4 members (excludes halogenated alkanes) is 3. The lowest BCUT2D eigenvalue weighted by atomic mass is 10.2. The molecular formula is C14H19FN2O2. The number of halogens is 1. The largest absolute Gasteiger partial charge is 0.348 e. The molecule has 0 fully saturated rings. The molecular weight excluding hydrogens is 247 g/mol. The minimum atomic E-state index is -0.777. The third-order valence-electron chi connectivity index (χ3n) is 2.60. The van der Waals surface area contributed by atoms with Gasteiger partial charge in [-0.3, -0.25) is 9.59 Å². The maximum Gasteiger partial charge on any atom is 0.313 e. The summed E-state index contributed by atoms with van der Waals surface area (Å²) in [5, 5.41) is 4.88. The van der Waals surface area contributed by atoms with Gasteiger partial charge in [0.25, 0.3) is 0 Å². The van der Waals surface area contributed by atoms with Gasteiger partial charge >= 0.3 is 11.8 Å². The first-order valence-corrected chi connectivity index (χ1v) is 6.48. The summed E-state index contributed by atoms with van der Waals surface area (Å²) >= 11 is 0. The Morgan fingerprint density at radius 2 is 1.95 bits per heavy atom. The molecule has 0 saturated heterocycles. The first-order valence-electron chi connectivity index (χ1n) is 6.48. The fraction of sp³-hybridized carbons (Fsp3) is 0.429. The number of nitrogens with one attached hydrogen (secondary N) is 2. The van der Waals surface area contributed by atoms with E-state index in [-0.39, 0.29) is 5.69 Å². The molecule has 0 spiro atoms. The number of anilines is 1. The van der Waals surface area contributed by atoms with Gasteiger partial charge in [0.2, 0.25) is 0 Å². The Labute approximate surface area is 112 Å². The highest BCUT2D eigenvalue weighted by molar-refractivity contribution is 6.39. The Hall–Kier alpha value is -1.91. The van der Waals surface area contributed by atoms with Crippen molar-refractivity contribution in [1.82, 2.24) is 5.32 Å². The van der Waals surface area contributed by atoms with E-state index in [1.165, 1.54) is 18.2 Å². The molecule has 1 aromatic rings. The van der Waals surface area contributed by atoms with Crippen LogP contribution >= 0.6 is 0 Å². The smallest absolute Gasteiger partial charge is 0.313 e. The number of benzene rings is 1. The van der Waals surface area contributed by atoms with Crippen LogP contribution in [0.3, 0.4) is 0 Å². The van der Waals surface area contributed by atoms with Crippen molar-refractivity contribution in [2.24, 2.45) is 0 Å². The summed E-state index contributed by atoms with van der Waals surface area (Å²) in [5.41, 5.74) is 0.270. The average Bonchev–Trinajstić information content (AvgIpc) is 2.38. The Bertz CT molecular complexity index is 435. The molecule has 0 unspecified atom stereocenters. The monoisotopic (exact) mass is 266 g/mol. The van der Waals surface area contributed by atoms with Crippen LogP contribution in [0, 0.1) is 5.82 Å². The number of rotatable bonds is 6. The standard InChI is InChI=1S/C14H19FN2O2/c1-2-3-4-5-9-16-13(18)14(19)17-12-8-6-7-11(15)10-12/h6-8,10H,2-5,9H2,1H3,(H,16,18)(H,17,19). The molecule has 104 valence electrons. The summed E-state index contributed by atoms with van der Waals surface area (Å²) in [6.07, 6.45) is 4.12. The molecule has 1 aromatic carbocycles. The molecule has 0 aromatic heterocycles. The second-order valence-corrected chi connectivity index (χ2v) is 4.28. The zero-order chi connectivity index (χ0) is 14.1. The van der Waals surface area contributed by atoms with Gasteiger partial charge in [-0.15, -0.1) is 0 Å². The van der Waals surface area contributed by atoms with Crippen LogP contribution in [0.1, 0.15) is 32.6 Å². The van der Waals surface area contributed by atoms with E-state index < -0.39 is 17.6 Å². The highest BCUT2D eigenvalue weighted by atomic mass is 19.1. The number of carbonyl (C=O) groups is 2. The number of hydrogen-bond donors (Lipinski definition) is 2. The number of amides is 2. The second kappa shape index (κ2) is 8.24. The Morgan fingerprint density at radius 1 is 1.16 bits per heavy atom. The molecule has 0 heterocycles. The fourth-order valence-corrected chi connectivity index (χ4v) is 1.59. The van der Waals surface area contributed by atoms with E-state index in [0.29, 0.717) is 6.54 Å². The summed E-state index contributed by atoms with van der Waals surface area (Å²) in [7, 11) is 0. The maximum absolute atomic E-state index is 12.9. The van der Waals surface area contributed by atoms with Gasteiger partial charge in [0.1, 0.15) is 5.82 Å². The molecule has 0 radical (unpaired) electrons. The van der Waals surface area contributed by atoms with E-state index in [2.05, 4.69) is 17.6 Å². The van der Waals surface area contributed by atoms with Crippen LogP contribution < -0.4 is 10.6 Å².